The van der Waals surface area contributed by atoms with E-state index in [4.69, 9.17) is 39.6 Å². The first-order valence-corrected chi connectivity index (χ1v) is 14.5. The zero-order chi connectivity index (χ0) is 32.4. The zero-order valence-electron chi connectivity index (χ0n) is 23.5. The molecule has 1 unspecified atom stereocenters. The molecule has 0 aliphatic carbocycles. The van der Waals surface area contributed by atoms with Gasteiger partial charge in [-0.15, -0.1) is 0 Å². The molecule has 1 aliphatic heterocycles. The molecule has 236 valence electrons. The summed E-state index contributed by atoms with van der Waals surface area (Å²) < 4.78 is 28.2. The fourth-order valence-corrected chi connectivity index (χ4v) is 4.82. The molecule has 6 N–H and O–H groups in total. The first-order chi connectivity index (χ1) is 20.3. The second-order valence-electron chi connectivity index (χ2n) is 8.97. The third kappa shape index (κ3) is 14.4. The van der Waals surface area contributed by atoms with Crippen LogP contribution in [-0.4, -0.2) is 114 Å². The van der Waals surface area contributed by atoms with Crippen molar-refractivity contribution in [3.05, 3.63) is 66.2 Å². The van der Waals surface area contributed by atoms with E-state index in [1.165, 1.54) is 0 Å². The molecule has 2 aromatic rings. The van der Waals surface area contributed by atoms with Crippen LogP contribution in [0.15, 0.2) is 65.6 Å². The van der Waals surface area contributed by atoms with E-state index in [1.54, 1.807) is 30.3 Å². The number of carbonyl (C=O) groups is 5. The van der Waals surface area contributed by atoms with Crippen molar-refractivity contribution in [2.45, 2.75) is 24.3 Å². The van der Waals surface area contributed by atoms with Gasteiger partial charge in [0.15, 0.2) is 0 Å². The van der Waals surface area contributed by atoms with Crippen molar-refractivity contribution >= 4 is 39.8 Å². The highest BCUT2D eigenvalue weighted by Crippen LogP contribution is 2.22. The Balaban J connectivity index is 0.000000649. The van der Waals surface area contributed by atoms with Crippen LogP contribution in [0, 0.1) is 0 Å². The third-order valence-electron chi connectivity index (χ3n) is 5.86. The molecule has 0 bridgehead atoms. The van der Waals surface area contributed by atoms with Gasteiger partial charge in [-0.2, -0.15) is 0 Å². The number of carbonyl (C=O) groups excluding carboxylic acids is 1. The summed E-state index contributed by atoms with van der Waals surface area (Å²) in [4.78, 5) is 53.1. The van der Waals surface area contributed by atoms with E-state index in [0.717, 1.165) is 38.2 Å². The summed E-state index contributed by atoms with van der Waals surface area (Å²) in [5.41, 5.74) is 1.08. The topological polar surface area (TPSA) is 231 Å². The average molecular weight is 625 g/mol. The highest BCUT2D eigenvalue weighted by molar-refractivity contribution is 7.89. The molecule has 1 aliphatic rings. The molecular weight excluding hydrogens is 588 g/mol. The van der Waals surface area contributed by atoms with Crippen LogP contribution >= 0.6 is 0 Å². The lowest BCUT2D eigenvalue weighted by Crippen LogP contribution is -2.51. The van der Waals surface area contributed by atoms with E-state index in [0.29, 0.717) is 13.1 Å². The van der Waals surface area contributed by atoms with Gasteiger partial charge < -0.3 is 25.7 Å². The molecule has 15 nitrogen and oxygen atoms in total. The summed E-state index contributed by atoms with van der Waals surface area (Å²) in [6.45, 7) is 6.53. The first-order valence-electron chi connectivity index (χ1n) is 13.0. The van der Waals surface area contributed by atoms with Gasteiger partial charge in [0.25, 0.3) is 0 Å². The van der Waals surface area contributed by atoms with Gasteiger partial charge in [0.1, 0.15) is 0 Å². The van der Waals surface area contributed by atoms with E-state index in [9.17, 15) is 13.2 Å². The molecule has 0 spiro atoms. The van der Waals surface area contributed by atoms with Crippen molar-refractivity contribution in [2.75, 3.05) is 45.8 Å². The van der Waals surface area contributed by atoms with Crippen LogP contribution < -0.4 is 10.0 Å². The van der Waals surface area contributed by atoms with Gasteiger partial charge in [-0.25, -0.2) is 32.3 Å². The van der Waals surface area contributed by atoms with Crippen molar-refractivity contribution in [1.82, 2.24) is 19.8 Å². The fourth-order valence-electron chi connectivity index (χ4n) is 3.76. The van der Waals surface area contributed by atoms with Crippen LogP contribution in [0.5, 0.6) is 0 Å². The van der Waals surface area contributed by atoms with Crippen LogP contribution in [0.1, 0.15) is 24.9 Å². The maximum absolute atomic E-state index is 12.7. The molecule has 0 saturated carbocycles. The molecule has 43 heavy (non-hydrogen) atoms. The number of amides is 1. The number of piperazine rings is 1. The van der Waals surface area contributed by atoms with Gasteiger partial charge in [0, 0.05) is 45.3 Å². The maximum atomic E-state index is 12.7. The molecule has 1 heterocycles. The van der Waals surface area contributed by atoms with E-state index in [2.05, 4.69) is 19.8 Å². The summed E-state index contributed by atoms with van der Waals surface area (Å²) in [7, 11) is -3.58. The van der Waals surface area contributed by atoms with Crippen molar-refractivity contribution < 1.29 is 52.8 Å². The van der Waals surface area contributed by atoms with Gasteiger partial charge in [-0.05, 0) is 24.1 Å². The van der Waals surface area contributed by atoms with Gasteiger partial charge in [0.2, 0.25) is 15.9 Å². The first kappa shape index (κ1) is 36.6. The van der Waals surface area contributed by atoms with Crippen LogP contribution in [0.25, 0.3) is 0 Å². The average Bonchev–Trinajstić information content (AvgIpc) is 2.98. The highest BCUT2D eigenvalue weighted by atomic mass is 32.2. The lowest BCUT2D eigenvalue weighted by molar-refractivity contribution is -0.159. The molecule has 16 heteroatoms. The summed E-state index contributed by atoms with van der Waals surface area (Å²) in [5, 5.41) is 32.5. The van der Waals surface area contributed by atoms with Crippen molar-refractivity contribution in [3.63, 3.8) is 0 Å². The minimum atomic E-state index is -3.58. The Morgan fingerprint density at radius 2 is 1.23 bits per heavy atom. The van der Waals surface area contributed by atoms with Crippen molar-refractivity contribution in [1.29, 1.82) is 0 Å². The molecule has 2 aromatic carbocycles. The minimum Gasteiger partial charge on any atom is -0.473 e. The number of aliphatic carboxylic acids is 4. The van der Waals surface area contributed by atoms with E-state index in [1.807, 2.05) is 37.3 Å². The normalized spacial score (nSPS) is 14.1. The minimum absolute atomic E-state index is 0.0607. The molecule has 1 fully saturated rings. The summed E-state index contributed by atoms with van der Waals surface area (Å²) in [5.74, 6) is -7.24. The molecule has 1 atom stereocenters. The number of benzene rings is 2. The second-order valence-corrected chi connectivity index (χ2v) is 10.7. The predicted molar refractivity (Wildman–Crippen MR) is 153 cm³/mol. The summed E-state index contributed by atoms with van der Waals surface area (Å²) in [6.07, 6.45) is 0.928. The second kappa shape index (κ2) is 18.9. The Hall–Kier alpha value is -4.38. The molecule has 0 aromatic heterocycles. The van der Waals surface area contributed by atoms with Crippen molar-refractivity contribution in [2.24, 2.45) is 0 Å². The lowest BCUT2D eigenvalue weighted by atomic mass is 10.0. The van der Waals surface area contributed by atoms with Crippen LogP contribution in [0.3, 0.4) is 0 Å². The summed E-state index contributed by atoms with van der Waals surface area (Å²) >= 11 is 0. The number of carboxylic acid groups (broad SMARTS) is 4. The molecular formula is C27H36N4O11S. The fraction of sp³-hybridized carbons (Fsp3) is 0.370. The van der Waals surface area contributed by atoms with Gasteiger partial charge >= 0.3 is 23.9 Å². The number of nitrogens with one attached hydrogen (secondary N) is 2. The third-order valence-corrected chi connectivity index (χ3v) is 7.30. The Bertz CT molecular complexity index is 1250. The van der Waals surface area contributed by atoms with E-state index in [-0.39, 0.29) is 23.4 Å². The Labute approximate surface area is 248 Å². The maximum Gasteiger partial charge on any atom is 0.414 e. The Kier molecular flexibility index (Phi) is 16.1. The largest absolute Gasteiger partial charge is 0.473 e. The number of hydrogen-bond acceptors (Lipinski definition) is 9. The zero-order valence-corrected chi connectivity index (χ0v) is 24.3. The van der Waals surface area contributed by atoms with Crippen molar-refractivity contribution in [3.8, 4) is 0 Å². The lowest BCUT2D eigenvalue weighted by Gasteiger charge is -2.39. The summed E-state index contributed by atoms with van der Waals surface area (Å²) in [6, 6.07) is 18.3. The van der Waals surface area contributed by atoms with Gasteiger partial charge in [-0.3, -0.25) is 14.6 Å². The smallest absolute Gasteiger partial charge is 0.414 e. The standard InChI is InChI=1S/C23H32N4O3S.2C2H2O4/c1-2-13-24-23(28)19-26-14-16-27(17-15-26)22(20-9-5-3-6-10-20)18-25-31(29,30)21-11-7-4-8-12-21;2*3-1(4)2(5)6/h3-12,22,25H,2,13-19H2,1H3,(H,24,28);2*(H,3,4)(H,5,6). The van der Waals surface area contributed by atoms with E-state index < -0.39 is 33.9 Å². The quantitative estimate of drug-likeness (QED) is 0.194. The number of carboxylic acids is 4. The number of hydrogen-bond donors (Lipinski definition) is 6. The predicted octanol–water partition coefficient (Wildman–Crippen LogP) is 0.161. The molecule has 3 rings (SSSR count). The van der Waals surface area contributed by atoms with Crippen LogP contribution in [-0.2, 0) is 34.0 Å². The monoisotopic (exact) mass is 624 g/mol. The number of nitrogens with zero attached hydrogens (tertiary/aromatic N) is 2. The van der Waals surface area contributed by atoms with E-state index >= 15 is 0 Å². The molecule has 1 amide bonds. The number of sulfonamides is 1. The van der Waals surface area contributed by atoms with Gasteiger partial charge in [0.05, 0.1) is 11.4 Å². The molecule has 0 radical (unpaired) electrons. The number of rotatable bonds is 10. The van der Waals surface area contributed by atoms with Crippen LogP contribution in [0.4, 0.5) is 0 Å². The Morgan fingerprint density at radius 1 is 0.767 bits per heavy atom. The van der Waals surface area contributed by atoms with Crippen LogP contribution in [0.2, 0.25) is 0 Å². The Morgan fingerprint density at radius 3 is 1.67 bits per heavy atom. The highest BCUT2D eigenvalue weighted by Gasteiger charge is 2.27. The molecule has 1 saturated heterocycles. The van der Waals surface area contributed by atoms with Gasteiger partial charge in [-0.1, -0.05) is 55.5 Å². The SMILES string of the molecule is CCCNC(=O)CN1CCN(C(CNS(=O)(=O)c2ccccc2)c2ccccc2)CC1.O=C(O)C(=O)O.O=C(O)C(=O)O.